The normalized spacial score (nSPS) is 20.2. The molecule has 0 aromatic rings. The lowest BCUT2D eigenvalue weighted by Crippen LogP contribution is -2.43. The first kappa shape index (κ1) is 9.18. The van der Waals surface area contributed by atoms with Crippen molar-refractivity contribution in [3.63, 3.8) is 0 Å². The molecule has 0 bridgehead atoms. The van der Waals surface area contributed by atoms with Gasteiger partial charge in [-0.25, -0.2) is 0 Å². The van der Waals surface area contributed by atoms with Crippen LogP contribution in [-0.4, -0.2) is 39.7 Å². The summed E-state index contributed by atoms with van der Waals surface area (Å²) < 4.78 is 10.9. The summed E-state index contributed by atoms with van der Waals surface area (Å²) in [6.07, 6.45) is 0. The Labute approximate surface area is 73.8 Å². The molecular formula is C7H9N3OS. The van der Waals surface area contributed by atoms with E-state index in [1.807, 2.05) is 12.1 Å². The van der Waals surface area contributed by atoms with Crippen molar-refractivity contribution < 1.29 is 4.21 Å². The zero-order valence-corrected chi connectivity index (χ0v) is 7.38. The Balaban J connectivity index is 2.51. The molecule has 1 rings (SSSR count). The van der Waals surface area contributed by atoms with E-state index in [1.165, 1.54) is 0 Å². The minimum absolute atomic E-state index is 0.583. The lowest BCUT2D eigenvalue weighted by molar-refractivity contribution is 0.293. The van der Waals surface area contributed by atoms with Gasteiger partial charge in [-0.15, -0.1) is 0 Å². The van der Waals surface area contributed by atoms with Crippen LogP contribution in [0, 0.1) is 22.7 Å². The van der Waals surface area contributed by atoms with Crippen molar-refractivity contribution in [2.45, 2.75) is 6.04 Å². The van der Waals surface area contributed by atoms with Gasteiger partial charge in [0.2, 0.25) is 0 Å². The molecule has 1 fully saturated rings. The van der Waals surface area contributed by atoms with Crippen LogP contribution >= 0.6 is 0 Å². The van der Waals surface area contributed by atoms with Crippen LogP contribution in [0.5, 0.6) is 0 Å². The van der Waals surface area contributed by atoms with Crippen molar-refractivity contribution in [1.29, 1.82) is 10.5 Å². The quantitative estimate of drug-likeness (QED) is 0.548. The maximum atomic E-state index is 10.9. The summed E-state index contributed by atoms with van der Waals surface area (Å²) in [6.45, 7) is 1.19. The SMILES string of the molecule is N#CC(C#N)N1CCS(=O)CC1. The van der Waals surface area contributed by atoms with Gasteiger partial charge >= 0.3 is 0 Å². The summed E-state index contributed by atoms with van der Waals surface area (Å²) in [7, 11) is -0.742. The standard InChI is InChI=1S/C7H9N3OS/c8-5-7(6-9)10-1-3-12(11)4-2-10/h7H,1-4H2. The Bertz CT molecular complexity index is 241. The van der Waals surface area contributed by atoms with Gasteiger partial charge in [-0.3, -0.25) is 9.11 Å². The third-order valence-electron chi connectivity index (χ3n) is 1.82. The summed E-state index contributed by atoms with van der Waals surface area (Å²) >= 11 is 0. The molecule has 1 aliphatic rings. The Morgan fingerprint density at radius 3 is 2.17 bits per heavy atom. The van der Waals surface area contributed by atoms with Crippen LogP contribution in [0.3, 0.4) is 0 Å². The summed E-state index contributed by atoms with van der Waals surface area (Å²) in [6, 6.07) is 3.14. The molecule has 0 aliphatic carbocycles. The molecule has 64 valence electrons. The first-order valence-electron chi connectivity index (χ1n) is 3.66. The van der Waals surface area contributed by atoms with Gasteiger partial charge < -0.3 is 0 Å². The molecule has 0 amide bonds. The molecule has 4 nitrogen and oxygen atoms in total. The fourth-order valence-electron chi connectivity index (χ4n) is 1.10. The molecule has 0 atom stereocenters. The molecule has 0 radical (unpaired) electrons. The highest BCUT2D eigenvalue weighted by Gasteiger charge is 2.22. The second kappa shape index (κ2) is 4.20. The Hall–Kier alpha value is -0.910. The molecule has 0 aromatic carbocycles. The van der Waals surface area contributed by atoms with Crippen molar-refractivity contribution in [2.75, 3.05) is 24.6 Å². The molecule has 0 saturated carbocycles. The van der Waals surface area contributed by atoms with E-state index in [9.17, 15) is 4.21 Å². The number of rotatable bonds is 1. The number of hydrogen-bond acceptors (Lipinski definition) is 4. The van der Waals surface area contributed by atoms with Crippen LogP contribution in [0.2, 0.25) is 0 Å². The third kappa shape index (κ3) is 2.04. The van der Waals surface area contributed by atoms with Crippen LogP contribution in [0.4, 0.5) is 0 Å². The van der Waals surface area contributed by atoms with E-state index in [0.717, 1.165) is 0 Å². The zero-order valence-electron chi connectivity index (χ0n) is 6.56. The van der Waals surface area contributed by atoms with Crippen LogP contribution < -0.4 is 0 Å². The fraction of sp³-hybridized carbons (Fsp3) is 0.714. The van der Waals surface area contributed by atoms with E-state index in [4.69, 9.17) is 10.5 Å². The predicted molar refractivity (Wildman–Crippen MR) is 44.5 cm³/mol. The molecule has 1 saturated heterocycles. The van der Waals surface area contributed by atoms with Crippen LogP contribution in [0.25, 0.3) is 0 Å². The smallest absolute Gasteiger partial charge is 0.186 e. The first-order valence-corrected chi connectivity index (χ1v) is 5.15. The van der Waals surface area contributed by atoms with Crippen molar-refractivity contribution in [3.8, 4) is 12.1 Å². The number of nitrogens with zero attached hydrogens (tertiary/aromatic N) is 3. The maximum Gasteiger partial charge on any atom is 0.186 e. The van der Waals surface area contributed by atoms with Crippen LogP contribution in [0.1, 0.15) is 0 Å². The molecule has 0 aromatic heterocycles. The van der Waals surface area contributed by atoms with Gasteiger partial charge in [0.1, 0.15) is 0 Å². The topological polar surface area (TPSA) is 67.9 Å². The molecule has 12 heavy (non-hydrogen) atoms. The van der Waals surface area contributed by atoms with Crippen LogP contribution in [0.15, 0.2) is 0 Å². The Kier molecular flexibility index (Phi) is 3.21. The molecule has 5 heteroatoms. The highest BCUT2D eigenvalue weighted by molar-refractivity contribution is 7.85. The van der Waals surface area contributed by atoms with Gasteiger partial charge in [0.05, 0.1) is 12.1 Å². The van der Waals surface area contributed by atoms with E-state index in [1.54, 1.807) is 4.90 Å². The molecule has 0 spiro atoms. The third-order valence-corrected chi connectivity index (χ3v) is 3.10. The van der Waals surface area contributed by atoms with Gasteiger partial charge in [0.15, 0.2) is 6.04 Å². The lowest BCUT2D eigenvalue weighted by atomic mass is 10.3. The van der Waals surface area contributed by atoms with Gasteiger partial charge in [0, 0.05) is 35.4 Å². The molecule has 1 aliphatic heterocycles. The summed E-state index contributed by atoms with van der Waals surface area (Å²) in [4.78, 5) is 1.77. The van der Waals surface area contributed by atoms with Gasteiger partial charge in [-0.2, -0.15) is 10.5 Å². The average Bonchev–Trinajstić information content (AvgIpc) is 2.10. The van der Waals surface area contributed by atoms with Crippen LogP contribution in [-0.2, 0) is 10.8 Å². The minimum Gasteiger partial charge on any atom is -0.274 e. The lowest BCUT2D eigenvalue weighted by Gasteiger charge is -2.26. The van der Waals surface area contributed by atoms with E-state index in [2.05, 4.69) is 0 Å². The largest absolute Gasteiger partial charge is 0.274 e. The van der Waals surface area contributed by atoms with Crippen molar-refractivity contribution in [2.24, 2.45) is 0 Å². The second-order valence-corrected chi connectivity index (χ2v) is 4.24. The van der Waals surface area contributed by atoms with Crippen molar-refractivity contribution in [3.05, 3.63) is 0 Å². The Morgan fingerprint density at radius 1 is 1.25 bits per heavy atom. The molecule has 0 N–H and O–H groups in total. The minimum atomic E-state index is -0.742. The van der Waals surface area contributed by atoms with E-state index < -0.39 is 16.8 Å². The van der Waals surface area contributed by atoms with E-state index >= 15 is 0 Å². The second-order valence-electron chi connectivity index (χ2n) is 2.54. The van der Waals surface area contributed by atoms with Gasteiger partial charge in [-0.05, 0) is 0 Å². The number of nitriles is 2. The zero-order chi connectivity index (χ0) is 8.97. The number of hydrogen-bond donors (Lipinski definition) is 0. The molecule has 1 heterocycles. The summed E-state index contributed by atoms with van der Waals surface area (Å²) in [5.41, 5.74) is 0. The average molecular weight is 183 g/mol. The summed E-state index contributed by atoms with van der Waals surface area (Å²) in [5, 5.41) is 17.1. The highest BCUT2D eigenvalue weighted by Crippen LogP contribution is 2.03. The summed E-state index contributed by atoms with van der Waals surface area (Å²) in [5.74, 6) is 1.17. The maximum absolute atomic E-state index is 10.9. The highest BCUT2D eigenvalue weighted by atomic mass is 32.2. The monoisotopic (exact) mass is 183 g/mol. The predicted octanol–water partition coefficient (Wildman–Crippen LogP) is -0.534. The van der Waals surface area contributed by atoms with Crippen molar-refractivity contribution in [1.82, 2.24) is 4.90 Å². The van der Waals surface area contributed by atoms with Gasteiger partial charge in [-0.1, -0.05) is 0 Å². The fourth-order valence-corrected chi connectivity index (χ4v) is 2.18. The first-order chi connectivity index (χ1) is 5.77. The van der Waals surface area contributed by atoms with Gasteiger partial charge in [0.25, 0.3) is 0 Å². The van der Waals surface area contributed by atoms with E-state index in [-0.39, 0.29) is 0 Å². The Morgan fingerprint density at radius 2 is 1.75 bits per heavy atom. The van der Waals surface area contributed by atoms with Crippen molar-refractivity contribution >= 4 is 10.8 Å². The van der Waals surface area contributed by atoms with E-state index in [0.29, 0.717) is 24.6 Å². The molecule has 0 unspecified atom stereocenters. The molecular weight excluding hydrogens is 174 g/mol.